The third kappa shape index (κ3) is 2.70. The first-order chi connectivity index (χ1) is 10.2. The molecule has 1 unspecified atom stereocenters. The zero-order chi connectivity index (χ0) is 14.8. The Morgan fingerprint density at radius 3 is 2.95 bits per heavy atom. The maximum atomic E-state index is 12.5. The largest absolute Gasteiger partial charge is 0.361 e. The van der Waals surface area contributed by atoms with Crippen molar-refractivity contribution < 1.29 is 13.8 Å². The first kappa shape index (κ1) is 13.9. The number of aryl methyl sites for hydroxylation is 2. The van der Waals surface area contributed by atoms with Crippen LogP contribution in [0.4, 0.5) is 0 Å². The van der Waals surface area contributed by atoms with Crippen molar-refractivity contribution in [3.8, 4) is 0 Å². The SMILES string of the molecule is CCCc1cc(C2CCCN2C(=O)c2cc(C)on2)no1. The molecule has 0 aromatic carbocycles. The van der Waals surface area contributed by atoms with E-state index in [0.29, 0.717) is 18.0 Å². The van der Waals surface area contributed by atoms with Crippen LogP contribution in [0.1, 0.15) is 59.9 Å². The summed E-state index contributed by atoms with van der Waals surface area (Å²) >= 11 is 0. The van der Waals surface area contributed by atoms with E-state index < -0.39 is 0 Å². The molecule has 1 aliphatic rings. The van der Waals surface area contributed by atoms with Crippen molar-refractivity contribution in [2.45, 2.75) is 45.6 Å². The van der Waals surface area contributed by atoms with Crippen molar-refractivity contribution in [3.63, 3.8) is 0 Å². The van der Waals surface area contributed by atoms with Crippen LogP contribution in [0, 0.1) is 6.92 Å². The first-order valence-electron chi connectivity index (χ1n) is 7.39. The average molecular weight is 289 g/mol. The van der Waals surface area contributed by atoms with Crippen molar-refractivity contribution in [3.05, 3.63) is 35.0 Å². The smallest absolute Gasteiger partial charge is 0.276 e. The fourth-order valence-corrected chi connectivity index (χ4v) is 2.78. The van der Waals surface area contributed by atoms with E-state index in [9.17, 15) is 4.79 Å². The summed E-state index contributed by atoms with van der Waals surface area (Å²) in [7, 11) is 0. The molecule has 6 nitrogen and oxygen atoms in total. The summed E-state index contributed by atoms with van der Waals surface area (Å²) in [5.41, 5.74) is 1.20. The monoisotopic (exact) mass is 289 g/mol. The van der Waals surface area contributed by atoms with Crippen LogP contribution in [-0.4, -0.2) is 27.7 Å². The number of aromatic nitrogens is 2. The van der Waals surface area contributed by atoms with Gasteiger partial charge in [0.2, 0.25) is 0 Å². The van der Waals surface area contributed by atoms with E-state index in [1.807, 2.05) is 11.0 Å². The molecule has 1 aliphatic heterocycles. The van der Waals surface area contributed by atoms with Gasteiger partial charge in [0.1, 0.15) is 17.2 Å². The Balaban J connectivity index is 1.79. The van der Waals surface area contributed by atoms with Crippen molar-refractivity contribution in [2.24, 2.45) is 0 Å². The minimum atomic E-state index is -0.102. The molecule has 0 radical (unpaired) electrons. The predicted octanol–water partition coefficient (Wildman–Crippen LogP) is 2.90. The molecule has 21 heavy (non-hydrogen) atoms. The highest BCUT2D eigenvalue weighted by atomic mass is 16.5. The number of likely N-dealkylation sites (tertiary alicyclic amines) is 1. The second-order valence-electron chi connectivity index (χ2n) is 5.45. The maximum absolute atomic E-state index is 12.5. The Labute approximate surface area is 123 Å². The highest BCUT2D eigenvalue weighted by Crippen LogP contribution is 2.32. The molecule has 1 saturated heterocycles. The molecule has 0 spiro atoms. The lowest BCUT2D eigenvalue weighted by molar-refractivity contribution is 0.0720. The third-order valence-electron chi connectivity index (χ3n) is 3.78. The first-order valence-corrected chi connectivity index (χ1v) is 7.39. The van der Waals surface area contributed by atoms with Gasteiger partial charge in [-0.15, -0.1) is 0 Å². The van der Waals surface area contributed by atoms with E-state index in [0.717, 1.165) is 37.1 Å². The fraction of sp³-hybridized carbons (Fsp3) is 0.533. The lowest BCUT2D eigenvalue weighted by Gasteiger charge is -2.21. The summed E-state index contributed by atoms with van der Waals surface area (Å²) in [6.07, 6.45) is 3.75. The van der Waals surface area contributed by atoms with Crippen LogP contribution in [0.25, 0.3) is 0 Å². The minimum absolute atomic E-state index is 0.0242. The van der Waals surface area contributed by atoms with Gasteiger partial charge < -0.3 is 13.9 Å². The Morgan fingerprint density at radius 2 is 2.24 bits per heavy atom. The molecular weight excluding hydrogens is 270 g/mol. The second-order valence-corrected chi connectivity index (χ2v) is 5.45. The van der Waals surface area contributed by atoms with Crippen LogP contribution in [0.15, 0.2) is 21.2 Å². The molecule has 1 amide bonds. The Morgan fingerprint density at radius 1 is 1.38 bits per heavy atom. The van der Waals surface area contributed by atoms with Crippen LogP contribution in [0.2, 0.25) is 0 Å². The summed E-state index contributed by atoms with van der Waals surface area (Å²) in [6.45, 7) is 4.59. The fourth-order valence-electron chi connectivity index (χ4n) is 2.78. The van der Waals surface area contributed by atoms with Crippen LogP contribution in [-0.2, 0) is 6.42 Å². The summed E-state index contributed by atoms with van der Waals surface area (Å²) in [5, 5.41) is 7.95. The molecule has 3 rings (SSSR count). The molecule has 0 bridgehead atoms. The lowest BCUT2D eigenvalue weighted by Crippen LogP contribution is -2.30. The van der Waals surface area contributed by atoms with Crippen molar-refractivity contribution in [1.82, 2.24) is 15.2 Å². The molecule has 1 atom stereocenters. The van der Waals surface area contributed by atoms with Crippen LogP contribution >= 0.6 is 0 Å². The minimum Gasteiger partial charge on any atom is -0.361 e. The van der Waals surface area contributed by atoms with Gasteiger partial charge in [-0.3, -0.25) is 4.79 Å². The number of rotatable bonds is 4. The third-order valence-corrected chi connectivity index (χ3v) is 3.78. The van der Waals surface area contributed by atoms with E-state index in [1.165, 1.54) is 0 Å². The van der Waals surface area contributed by atoms with Gasteiger partial charge in [0.05, 0.1) is 6.04 Å². The molecule has 0 saturated carbocycles. The summed E-state index contributed by atoms with van der Waals surface area (Å²) < 4.78 is 10.3. The van der Waals surface area contributed by atoms with E-state index in [1.54, 1.807) is 13.0 Å². The number of nitrogens with zero attached hydrogens (tertiary/aromatic N) is 3. The van der Waals surface area contributed by atoms with Crippen molar-refractivity contribution in [1.29, 1.82) is 0 Å². The van der Waals surface area contributed by atoms with E-state index >= 15 is 0 Å². The predicted molar refractivity (Wildman–Crippen MR) is 74.7 cm³/mol. The van der Waals surface area contributed by atoms with Gasteiger partial charge in [0.15, 0.2) is 5.69 Å². The van der Waals surface area contributed by atoms with Crippen LogP contribution < -0.4 is 0 Å². The summed E-state index contributed by atoms with van der Waals surface area (Å²) in [6, 6.07) is 3.61. The van der Waals surface area contributed by atoms with Gasteiger partial charge in [-0.05, 0) is 26.2 Å². The normalized spacial score (nSPS) is 18.4. The Bertz CT molecular complexity index is 632. The molecule has 2 aromatic rings. The van der Waals surface area contributed by atoms with Gasteiger partial charge in [-0.25, -0.2) is 0 Å². The molecule has 1 fully saturated rings. The molecule has 0 N–H and O–H groups in total. The number of amides is 1. The second kappa shape index (κ2) is 5.71. The van der Waals surface area contributed by atoms with Gasteiger partial charge in [-0.1, -0.05) is 17.2 Å². The van der Waals surface area contributed by atoms with Gasteiger partial charge >= 0.3 is 0 Å². The highest BCUT2D eigenvalue weighted by Gasteiger charge is 2.33. The molecular formula is C15H19N3O3. The number of hydrogen-bond acceptors (Lipinski definition) is 5. The Kier molecular flexibility index (Phi) is 3.77. The Hall–Kier alpha value is -2.11. The zero-order valence-corrected chi connectivity index (χ0v) is 12.3. The number of hydrogen-bond donors (Lipinski definition) is 0. The molecule has 112 valence electrons. The van der Waals surface area contributed by atoms with Crippen LogP contribution in [0.3, 0.4) is 0 Å². The van der Waals surface area contributed by atoms with Gasteiger partial charge in [-0.2, -0.15) is 0 Å². The molecule has 3 heterocycles. The quantitative estimate of drug-likeness (QED) is 0.865. The molecule has 6 heteroatoms. The summed E-state index contributed by atoms with van der Waals surface area (Å²) in [5.74, 6) is 1.42. The molecule has 0 aliphatic carbocycles. The zero-order valence-electron chi connectivity index (χ0n) is 12.3. The van der Waals surface area contributed by atoms with E-state index in [-0.39, 0.29) is 11.9 Å². The van der Waals surface area contributed by atoms with Crippen molar-refractivity contribution >= 4 is 5.91 Å². The number of carbonyl (C=O) groups excluding carboxylic acids is 1. The van der Waals surface area contributed by atoms with Crippen LogP contribution in [0.5, 0.6) is 0 Å². The topological polar surface area (TPSA) is 72.4 Å². The van der Waals surface area contributed by atoms with Gasteiger partial charge in [0, 0.05) is 25.1 Å². The molecule has 2 aromatic heterocycles. The number of carbonyl (C=O) groups is 1. The summed E-state index contributed by atoms with van der Waals surface area (Å²) in [4.78, 5) is 14.3. The van der Waals surface area contributed by atoms with E-state index in [2.05, 4.69) is 17.2 Å². The standard InChI is InChI=1S/C15H19N3O3/c1-3-5-11-9-12(16-21-11)14-6-4-7-18(14)15(19)13-8-10(2)20-17-13/h8-9,14H,3-7H2,1-2H3. The highest BCUT2D eigenvalue weighted by molar-refractivity contribution is 5.92. The van der Waals surface area contributed by atoms with E-state index in [4.69, 9.17) is 9.05 Å². The van der Waals surface area contributed by atoms with Gasteiger partial charge in [0.25, 0.3) is 5.91 Å². The van der Waals surface area contributed by atoms with Crippen molar-refractivity contribution in [2.75, 3.05) is 6.54 Å². The average Bonchev–Trinajstić information content (AvgIpc) is 3.17. The lowest BCUT2D eigenvalue weighted by atomic mass is 10.1. The maximum Gasteiger partial charge on any atom is 0.276 e.